The number of hydrogen-bond acceptors (Lipinski definition) is 3. The van der Waals surface area contributed by atoms with Crippen molar-refractivity contribution in [2.24, 2.45) is 5.73 Å². The lowest BCUT2D eigenvalue weighted by Gasteiger charge is -2.03. The highest BCUT2D eigenvalue weighted by Crippen LogP contribution is 2.15. The van der Waals surface area contributed by atoms with Gasteiger partial charge in [0.15, 0.2) is 0 Å². The molecule has 86 valence electrons. The number of aromatic amines is 1. The Bertz CT molecular complexity index is 592. The largest absolute Gasteiger partial charge is 0.351 e. The molecule has 0 fully saturated rings. The van der Waals surface area contributed by atoms with Crippen LogP contribution in [0.5, 0.6) is 0 Å². The molecule has 6 heteroatoms. The Morgan fingerprint density at radius 3 is 2.65 bits per heavy atom. The van der Waals surface area contributed by atoms with Crippen molar-refractivity contribution in [3.05, 3.63) is 46.8 Å². The van der Waals surface area contributed by atoms with E-state index in [9.17, 15) is 9.59 Å². The van der Waals surface area contributed by atoms with Crippen LogP contribution in [0.1, 0.15) is 0 Å². The molecule has 0 radical (unpaired) electrons. The lowest BCUT2D eigenvalue weighted by molar-refractivity contribution is 0.259. The third-order valence-electron chi connectivity index (χ3n) is 2.05. The van der Waals surface area contributed by atoms with Crippen LogP contribution in [0.25, 0.3) is 11.3 Å². The summed E-state index contributed by atoms with van der Waals surface area (Å²) < 4.78 is 0. The molecule has 2 aromatic rings. The molecule has 0 aliphatic carbocycles. The molecule has 6 nitrogen and oxygen atoms in total. The summed E-state index contributed by atoms with van der Waals surface area (Å²) in [5.74, 6) is 0.0313. The monoisotopic (exact) mass is 230 g/mol. The van der Waals surface area contributed by atoms with Crippen molar-refractivity contribution in [1.82, 2.24) is 9.97 Å². The molecule has 0 spiro atoms. The number of primary amides is 1. The highest BCUT2D eigenvalue weighted by Gasteiger charge is 2.04. The molecule has 0 saturated heterocycles. The zero-order valence-corrected chi connectivity index (χ0v) is 8.81. The first-order valence-electron chi connectivity index (χ1n) is 4.88. The summed E-state index contributed by atoms with van der Waals surface area (Å²) >= 11 is 0. The average Bonchev–Trinajstić information content (AvgIpc) is 2.28. The molecular formula is C11H10N4O2. The molecule has 0 bridgehead atoms. The molecule has 0 atom stereocenters. The number of nitrogens with zero attached hydrogens (tertiary/aromatic N) is 1. The van der Waals surface area contributed by atoms with Gasteiger partial charge in [-0.25, -0.2) is 9.78 Å². The van der Waals surface area contributed by atoms with Crippen molar-refractivity contribution in [3.63, 3.8) is 0 Å². The molecule has 1 heterocycles. The second kappa shape index (κ2) is 4.48. The molecule has 4 N–H and O–H groups in total. The molecular weight excluding hydrogens is 220 g/mol. The van der Waals surface area contributed by atoms with Crippen LogP contribution in [0.4, 0.5) is 10.7 Å². The fourth-order valence-electron chi connectivity index (χ4n) is 1.39. The Labute approximate surface area is 96.5 Å². The van der Waals surface area contributed by atoms with Gasteiger partial charge < -0.3 is 5.73 Å². The minimum Gasteiger partial charge on any atom is -0.351 e. The van der Waals surface area contributed by atoms with Gasteiger partial charge in [-0.1, -0.05) is 30.3 Å². The second-order valence-electron chi connectivity index (χ2n) is 3.33. The maximum Gasteiger partial charge on any atom is 0.318 e. The molecule has 17 heavy (non-hydrogen) atoms. The van der Waals surface area contributed by atoms with E-state index in [-0.39, 0.29) is 11.5 Å². The van der Waals surface area contributed by atoms with Gasteiger partial charge in [0.1, 0.15) is 0 Å². The first-order valence-corrected chi connectivity index (χ1v) is 4.88. The number of rotatable bonds is 2. The maximum absolute atomic E-state index is 11.4. The quantitative estimate of drug-likeness (QED) is 0.715. The number of aromatic nitrogens is 2. The number of benzene rings is 1. The van der Waals surface area contributed by atoms with Crippen LogP contribution in [0.2, 0.25) is 0 Å². The fourth-order valence-corrected chi connectivity index (χ4v) is 1.39. The van der Waals surface area contributed by atoms with Crippen LogP contribution in [-0.2, 0) is 0 Å². The minimum absolute atomic E-state index is 0.0313. The van der Waals surface area contributed by atoms with Crippen LogP contribution < -0.4 is 16.6 Å². The number of nitrogens with one attached hydrogen (secondary N) is 2. The number of urea groups is 1. The molecule has 0 aliphatic heterocycles. The van der Waals surface area contributed by atoms with Gasteiger partial charge in [-0.3, -0.25) is 15.1 Å². The smallest absolute Gasteiger partial charge is 0.318 e. The van der Waals surface area contributed by atoms with Gasteiger partial charge in [-0.05, 0) is 0 Å². The van der Waals surface area contributed by atoms with Crippen LogP contribution in [0, 0.1) is 0 Å². The Kier molecular flexibility index (Phi) is 2.87. The summed E-state index contributed by atoms with van der Waals surface area (Å²) in [7, 11) is 0. The second-order valence-corrected chi connectivity index (χ2v) is 3.33. The number of carbonyl (C=O) groups excluding carboxylic acids is 1. The molecule has 1 aromatic heterocycles. The third kappa shape index (κ3) is 2.69. The summed E-state index contributed by atoms with van der Waals surface area (Å²) in [5.41, 5.74) is 5.85. The van der Waals surface area contributed by atoms with Crippen molar-refractivity contribution < 1.29 is 4.79 Å². The van der Waals surface area contributed by atoms with E-state index >= 15 is 0 Å². The Morgan fingerprint density at radius 2 is 2.00 bits per heavy atom. The molecule has 2 rings (SSSR count). The fraction of sp³-hybridized carbons (Fsp3) is 0. The predicted molar refractivity (Wildman–Crippen MR) is 63.5 cm³/mol. The van der Waals surface area contributed by atoms with Gasteiger partial charge >= 0.3 is 6.03 Å². The van der Waals surface area contributed by atoms with Gasteiger partial charge in [-0.2, -0.15) is 0 Å². The number of amides is 2. The number of hydrogen-bond donors (Lipinski definition) is 3. The Balaban J connectivity index is 2.45. The van der Waals surface area contributed by atoms with E-state index in [1.807, 2.05) is 30.3 Å². The number of H-pyrrole nitrogens is 1. The van der Waals surface area contributed by atoms with E-state index < -0.39 is 6.03 Å². The normalized spacial score (nSPS) is 9.88. The topological polar surface area (TPSA) is 101 Å². The van der Waals surface area contributed by atoms with E-state index in [1.165, 1.54) is 6.07 Å². The van der Waals surface area contributed by atoms with Gasteiger partial charge in [0.05, 0.1) is 5.69 Å². The molecule has 0 saturated carbocycles. The number of carbonyl (C=O) groups is 1. The van der Waals surface area contributed by atoms with Crippen LogP contribution in [0.3, 0.4) is 0 Å². The summed E-state index contributed by atoms with van der Waals surface area (Å²) in [6.07, 6.45) is 0. The predicted octanol–water partition coefficient (Wildman–Crippen LogP) is 0.927. The van der Waals surface area contributed by atoms with Crippen molar-refractivity contribution in [1.29, 1.82) is 0 Å². The van der Waals surface area contributed by atoms with Crippen LogP contribution in [0.15, 0.2) is 41.2 Å². The first-order chi connectivity index (χ1) is 8.15. The molecule has 2 amide bonds. The Hall–Kier alpha value is -2.63. The van der Waals surface area contributed by atoms with Crippen molar-refractivity contribution in [2.75, 3.05) is 5.32 Å². The molecule has 1 aromatic carbocycles. The summed E-state index contributed by atoms with van der Waals surface area (Å²) in [6.45, 7) is 0. The Morgan fingerprint density at radius 1 is 1.29 bits per heavy atom. The van der Waals surface area contributed by atoms with Gasteiger partial charge in [0.25, 0.3) is 5.56 Å². The van der Waals surface area contributed by atoms with E-state index in [0.717, 1.165) is 5.56 Å². The van der Waals surface area contributed by atoms with Crippen LogP contribution in [-0.4, -0.2) is 16.0 Å². The summed E-state index contributed by atoms with van der Waals surface area (Å²) in [4.78, 5) is 28.5. The van der Waals surface area contributed by atoms with Crippen molar-refractivity contribution >= 4 is 12.0 Å². The number of nitrogens with two attached hydrogens (primary N) is 1. The lowest BCUT2D eigenvalue weighted by Crippen LogP contribution is -2.23. The van der Waals surface area contributed by atoms with E-state index in [0.29, 0.717) is 5.69 Å². The standard InChI is InChI=1S/C11H10N4O2/c12-10(17)15-11-13-8(6-9(16)14-11)7-4-2-1-3-5-7/h1-6H,(H4,12,13,14,15,16,17). The summed E-state index contributed by atoms with van der Waals surface area (Å²) in [6, 6.07) is 9.73. The maximum atomic E-state index is 11.4. The average molecular weight is 230 g/mol. The third-order valence-corrected chi connectivity index (χ3v) is 2.05. The van der Waals surface area contributed by atoms with Crippen LogP contribution >= 0.6 is 0 Å². The van der Waals surface area contributed by atoms with Gasteiger partial charge in [0.2, 0.25) is 5.95 Å². The van der Waals surface area contributed by atoms with Gasteiger partial charge in [0, 0.05) is 11.6 Å². The molecule has 0 aliphatic rings. The van der Waals surface area contributed by atoms with E-state index in [4.69, 9.17) is 5.73 Å². The first kappa shape index (κ1) is 10.9. The zero-order valence-electron chi connectivity index (χ0n) is 8.81. The zero-order chi connectivity index (χ0) is 12.3. The summed E-state index contributed by atoms with van der Waals surface area (Å²) in [5, 5.41) is 2.23. The van der Waals surface area contributed by atoms with E-state index in [2.05, 4.69) is 15.3 Å². The highest BCUT2D eigenvalue weighted by molar-refractivity contribution is 5.85. The lowest BCUT2D eigenvalue weighted by atomic mass is 10.1. The minimum atomic E-state index is -0.779. The highest BCUT2D eigenvalue weighted by atomic mass is 16.2. The number of anilines is 1. The van der Waals surface area contributed by atoms with Crippen molar-refractivity contribution in [3.8, 4) is 11.3 Å². The van der Waals surface area contributed by atoms with Gasteiger partial charge in [-0.15, -0.1) is 0 Å². The van der Waals surface area contributed by atoms with Crippen molar-refractivity contribution in [2.45, 2.75) is 0 Å². The van der Waals surface area contributed by atoms with E-state index in [1.54, 1.807) is 0 Å². The SMILES string of the molecule is NC(=O)Nc1nc(-c2ccccc2)cc(=O)[nH]1. The molecule has 0 unspecified atom stereocenters.